The molecule has 13 heteroatoms. The second-order valence-electron chi connectivity index (χ2n) is 6.52. The van der Waals surface area contributed by atoms with Crippen molar-refractivity contribution < 1.29 is 32.1 Å². The van der Waals surface area contributed by atoms with E-state index in [4.69, 9.17) is 42.1 Å². The van der Waals surface area contributed by atoms with Crippen LogP contribution in [0.15, 0.2) is 29.2 Å². The maximum atomic E-state index is 12.7. The van der Waals surface area contributed by atoms with Crippen molar-refractivity contribution in [3.8, 4) is 5.75 Å². The maximum absolute atomic E-state index is 12.7. The molecule has 1 N–H and O–H groups in total. The number of aldehydes is 1. The van der Waals surface area contributed by atoms with Gasteiger partial charge in [0, 0.05) is 16.8 Å². The third-order valence-corrected chi connectivity index (χ3v) is 6.45. The maximum Gasteiger partial charge on any atom is 0.530 e. The van der Waals surface area contributed by atoms with Gasteiger partial charge in [-0.3, -0.25) is 27.8 Å². The summed E-state index contributed by atoms with van der Waals surface area (Å²) in [5, 5.41) is 0.522. The summed E-state index contributed by atoms with van der Waals surface area (Å²) in [7, 11) is -3.29. The first-order valence-corrected chi connectivity index (χ1v) is 11.3. The molecule has 168 valence electrons. The minimum Gasteiger partial charge on any atom is -0.404 e. The van der Waals surface area contributed by atoms with E-state index in [2.05, 4.69) is 4.98 Å². The third kappa shape index (κ3) is 5.49. The number of nitrogens with one attached hydrogen (secondary N) is 1. The summed E-state index contributed by atoms with van der Waals surface area (Å²) in [5.74, 6) is 0.390. The monoisotopic (exact) mass is 492 g/mol. The molecule has 3 atom stereocenters. The Balaban J connectivity index is 0.00000132. The lowest BCUT2D eigenvalue weighted by molar-refractivity contribution is -0.0264. The van der Waals surface area contributed by atoms with Crippen molar-refractivity contribution in [1.29, 1.82) is 0 Å². The summed E-state index contributed by atoms with van der Waals surface area (Å²) < 4.78 is 45.4. The van der Waals surface area contributed by atoms with Crippen molar-refractivity contribution in [3.63, 3.8) is 0 Å². The minimum atomic E-state index is -3.79. The highest BCUT2D eigenvalue weighted by Crippen LogP contribution is 2.55. The topological polar surface area (TPSA) is 109 Å². The highest BCUT2D eigenvalue weighted by atomic mass is 35.5. The molecule has 0 aliphatic carbocycles. The van der Waals surface area contributed by atoms with Crippen LogP contribution in [-0.2, 0) is 25.0 Å². The van der Waals surface area contributed by atoms with Gasteiger partial charge < -0.3 is 9.26 Å². The van der Waals surface area contributed by atoms with Gasteiger partial charge in [-0.25, -0.2) is 9.36 Å². The fraction of sp³-hybridized carbons (Fsp3) is 0.389. The molecular formula is C18H19ClFN2O7PS. The summed E-state index contributed by atoms with van der Waals surface area (Å²) in [6, 6.07) is 4.90. The second kappa shape index (κ2) is 10.2. The predicted octanol–water partition coefficient (Wildman–Crippen LogP) is 4.37. The molecule has 1 aromatic carbocycles. The third-order valence-electron chi connectivity index (χ3n) is 4.55. The quantitative estimate of drug-likeness (QED) is 0.372. The molecule has 3 unspecified atom stereocenters. The molecule has 0 spiro atoms. The molecule has 2 aliphatic heterocycles. The van der Waals surface area contributed by atoms with Crippen LogP contribution in [0.5, 0.6) is 5.75 Å². The Bertz CT molecular complexity index is 1120. The van der Waals surface area contributed by atoms with Crippen LogP contribution in [0.3, 0.4) is 0 Å². The lowest BCUT2D eigenvalue weighted by atomic mass is 10.2. The van der Waals surface area contributed by atoms with Gasteiger partial charge in [0.15, 0.2) is 6.29 Å². The zero-order valence-electron chi connectivity index (χ0n) is 16.3. The van der Waals surface area contributed by atoms with Crippen molar-refractivity contribution in [1.82, 2.24) is 9.55 Å². The number of aromatic amines is 1. The van der Waals surface area contributed by atoms with Crippen LogP contribution in [0.1, 0.15) is 35.0 Å². The van der Waals surface area contributed by atoms with Gasteiger partial charge in [0.05, 0.1) is 32.1 Å². The smallest absolute Gasteiger partial charge is 0.404 e. The predicted molar refractivity (Wildman–Crippen MR) is 112 cm³/mol. The SMILES string of the molecule is CF.O=Cc1cn(C2CCC(COP3(=O)OCc4cc(Cl)ccc4O3)O2)c(=O)[nH]c1=S. The summed E-state index contributed by atoms with van der Waals surface area (Å²) in [4.78, 5) is 25.6. The average molecular weight is 493 g/mol. The van der Waals surface area contributed by atoms with Gasteiger partial charge in [0.25, 0.3) is 0 Å². The van der Waals surface area contributed by atoms with Crippen LogP contribution in [0.4, 0.5) is 4.39 Å². The van der Waals surface area contributed by atoms with Crippen molar-refractivity contribution in [3.05, 3.63) is 55.7 Å². The van der Waals surface area contributed by atoms with E-state index < -0.39 is 25.8 Å². The Morgan fingerprint density at radius 2 is 2.19 bits per heavy atom. The number of nitrogens with zero attached hydrogens (tertiary/aromatic N) is 1. The number of benzene rings is 1. The van der Waals surface area contributed by atoms with Crippen LogP contribution in [0, 0.1) is 4.64 Å². The molecule has 0 amide bonds. The van der Waals surface area contributed by atoms with Gasteiger partial charge in [-0.15, -0.1) is 0 Å². The second-order valence-corrected chi connectivity index (χ2v) is 8.96. The van der Waals surface area contributed by atoms with Gasteiger partial charge in [0.1, 0.15) is 16.6 Å². The van der Waals surface area contributed by atoms with Crippen LogP contribution in [0.25, 0.3) is 0 Å². The molecule has 9 nitrogen and oxygen atoms in total. The van der Waals surface area contributed by atoms with E-state index >= 15 is 0 Å². The van der Waals surface area contributed by atoms with Crippen LogP contribution in [-0.4, -0.2) is 35.7 Å². The number of phosphoric ester groups is 1. The number of rotatable bonds is 5. The Morgan fingerprint density at radius 3 is 2.94 bits per heavy atom. The normalized spacial score (nSPS) is 24.5. The van der Waals surface area contributed by atoms with E-state index in [0.717, 1.165) is 0 Å². The molecule has 1 aromatic heterocycles. The first kappa shape index (κ1) is 23.8. The molecule has 0 bridgehead atoms. The van der Waals surface area contributed by atoms with Gasteiger partial charge >= 0.3 is 13.5 Å². The zero-order chi connectivity index (χ0) is 22.6. The first-order valence-electron chi connectivity index (χ1n) is 9.08. The van der Waals surface area contributed by atoms with E-state index in [9.17, 15) is 18.5 Å². The fourth-order valence-corrected chi connectivity index (χ4v) is 4.72. The molecular weight excluding hydrogens is 474 g/mol. The Kier molecular flexibility index (Phi) is 7.79. The molecule has 1 fully saturated rings. The van der Waals surface area contributed by atoms with Gasteiger partial charge in [-0.1, -0.05) is 23.8 Å². The highest BCUT2D eigenvalue weighted by molar-refractivity contribution is 7.71. The van der Waals surface area contributed by atoms with Crippen molar-refractivity contribution in [2.24, 2.45) is 0 Å². The molecule has 0 radical (unpaired) electrons. The molecule has 4 rings (SSSR count). The van der Waals surface area contributed by atoms with E-state index in [1.54, 1.807) is 18.2 Å². The van der Waals surface area contributed by atoms with E-state index in [0.29, 0.717) is 42.6 Å². The van der Waals surface area contributed by atoms with E-state index in [1.807, 2.05) is 0 Å². The molecule has 0 saturated carbocycles. The lowest BCUT2D eigenvalue weighted by Gasteiger charge is -2.25. The standard InChI is InChI=1S/C17H16ClN2O7PS.CH3F/c18-12-1-3-14-10(5-12)8-24-28(23,27-14)25-9-13-2-4-15(26-13)20-6-11(7-21)16(29)19-17(20)22;1-2/h1,3,5-7,13,15H,2,4,8-9H2,(H,19,22,29);1H3. The number of alkyl halides is 1. The summed E-state index contributed by atoms with van der Waals surface area (Å²) in [5.41, 5.74) is 0.390. The van der Waals surface area contributed by atoms with E-state index in [1.165, 1.54) is 10.8 Å². The Hall–Kier alpha value is -1.88. The first-order chi connectivity index (χ1) is 14.9. The number of fused-ring (bicyclic) bond motifs is 1. The Morgan fingerprint density at radius 1 is 1.42 bits per heavy atom. The van der Waals surface area contributed by atoms with Crippen molar-refractivity contribution in [2.75, 3.05) is 13.8 Å². The highest BCUT2D eigenvalue weighted by Gasteiger charge is 2.37. The number of carbonyl (C=O) groups is 1. The summed E-state index contributed by atoms with van der Waals surface area (Å²) in [6.45, 7) is 0.00324. The lowest BCUT2D eigenvalue weighted by Crippen LogP contribution is -2.28. The number of aromatic nitrogens is 2. The number of hydrogen-bond acceptors (Lipinski definition) is 8. The zero-order valence-corrected chi connectivity index (χ0v) is 18.8. The van der Waals surface area contributed by atoms with E-state index in [-0.39, 0.29) is 23.4 Å². The molecule has 3 heterocycles. The molecule has 2 aromatic rings. The van der Waals surface area contributed by atoms with Crippen LogP contribution < -0.4 is 10.2 Å². The van der Waals surface area contributed by atoms with Crippen molar-refractivity contribution >= 4 is 37.9 Å². The van der Waals surface area contributed by atoms with Crippen molar-refractivity contribution in [2.45, 2.75) is 31.8 Å². The van der Waals surface area contributed by atoms with Gasteiger partial charge in [0.2, 0.25) is 0 Å². The van der Waals surface area contributed by atoms with Crippen LogP contribution in [0.2, 0.25) is 5.02 Å². The summed E-state index contributed by atoms with van der Waals surface area (Å²) >= 11 is 10.8. The van der Waals surface area contributed by atoms with Gasteiger partial charge in [-0.2, -0.15) is 0 Å². The molecule has 2 aliphatic rings. The average Bonchev–Trinajstić information content (AvgIpc) is 3.23. The number of hydrogen-bond donors (Lipinski definition) is 1. The molecule has 31 heavy (non-hydrogen) atoms. The summed E-state index contributed by atoms with van der Waals surface area (Å²) in [6.07, 6.45) is 1.95. The largest absolute Gasteiger partial charge is 0.530 e. The fourth-order valence-electron chi connectivity index (χ4n) is 3.10. The number of carbonyl (C=O) groups excluding carboxylic acids is 1. The number of ether oxygens (including phenoxy) is 1. The minimum absolute atomic E-state index is 0.0468. The number of phosphoric acid groups is 1. The number of halogens is 2. The number of H-pyrrole nitrogens is 1. The van der Waals surface area contributed by atoms with Crippen LogP contribution >= 0.6 is 31.6 Å². The Labute approximate surface area is 186 Å². The molecule has 1 saturated heterocycles. The van der Waals surface area contributed by atoms with Gasteiger partial charge in [-0.05, 0) is 31.0 Å².